The van der Waals surface area contributed by atoms with Crippen molar-refractivity contribution in [3.63, 3.8) is 0 Å². The molecule has 33 heavy (non-hydrogen) atoms. The Hall–Kier alpha value is -2.07. The molecule has 0 unspecified atom stereocenters. The summed E-state index contributed by atoms with van der Waals surface area (Å²) in [7, 11) is -6.92. The van der Waals surface area contributed by atoms with Gasteiger partial charge in [-0.3, -0.25) is 4.79 Å². The molecule has 1 aliphatic rings. The summed E-state index contributed by atoms with van der Waals surface area (Å²) in [5, 5.41) is -0.466. The van der Waals surface area contributed by atoms with Crippen molar-refractivity contribution < 1.29 is 26.4 Å². The maximum atomic E-state index is 13.1. The van der Waals surface area contributed by atoms with E-state index in [1.54, 1.807) is 56.3 Å². The van der Waals surface area contributed by atoms with E-state index in [4.69, 9.17) is 4.74 Å². The van der Waals surface area contributed by atoms with E-state index in [0.717, 1.165) is 0 Å². The minimum absolute atomic E-state index is 0.0446. The zero-order chi connectivity index (χ0) is 24.4. The van der Waals surface area contributed by atoms with Crippen molar-refractivity contribution in [2.75, 3.05) is 13.1 Å². The third-order valence-corrected chi connectivity index (χ3v) is 9.65. The van der Waals surface area contributed by atoms with Crippen LogP contribution in [0.25, 0.3) is 0 Å². The van der Waals surface area contributed by atoms with Crippen LogP contribution in [-0.2, 0) is 36.8 Å². The fraction of sp³-hybridized carbons (Fsp3) is 0.458. The van der Waals surface area contributed by atoms with Crippen molar-refractivity contribution in [1.82, 2.24) is 4.31 Å². The first-order chi connectivity index (χ1) is 15.4. The summed E-state index contributed by atoms with van der Waals surface area (Å²) in [5.74, 6) is -0.242. The molecule has 0 spiro atoms. The Morgan fingerprint density at radius 1 is 0.970 bits per heavy atom. The van der Waals surface area contributed by atoms with Gasteiger partial charge in [-0.15, -0.1) is 0 Å². The monoisotopic (exact) mass is 493 g/mol. The quantitative estimate of drug-likeness (QED) is 0.524. The smallest absolute Gasteiger partial charge is 0.243 e. The number of rotatable bonds is 8. The standard InChI is InChI=1S/C24H31NO6S2/c1-17(2)32(27,28)16-20-8-10-22(11-9-20)24(26)13-21-6-5-7-23(12-21)33(29,30)25-14-18(3)31-19(4)15-25/h5-12,17-19H,13-16H2,1-4H3/t18-,19+. The van der Waals surface area contributed by atoms with E-state index >= 15 is 0 Å². The maximum absolute atomic E-state index is 13.1. The van der Waals surface area contributed by atoms with E-state index in [1.807, 2.05) is 13.8 Å². The SMILES string of the molecule is CC(C)S(=O)(=O)Cc1ccc(C(=O)Cc2cccc(S(=O)(=O)N3C[C@@H](C)O[C@@H](C)C3)c2)cc1. The summed E-state index contributed by atoms with van der Waals surface area (Å²) in [6.45, 7) is 7.54. The lowest BCUT2D eigenvalue weighted by atomic mass is 10.0. The number of hydrogen-bond acceptors (Lipinski definition) is 6. The first-order valence-corrected chi connectivity index (χ1v) is 14.1. The summed E-state index contributed by atoms with van der Waals surface area (Å²) in [6, 6.07) is 13.0. The molecule has 0 aliphatic carbocycles. The van der Waals surface area contributed by atoms with E-state index in [1.165, 1.54) is 10.4 Å². The lowest BCUT2D eigenvalue weighted by molar-refractivity contribution is -0.0440. The van der Waals surface area contributed by atoms with Crippen molar-refractivity contribution in [2.45, 2.75) is 62.2 Å². The molecule has 1 heterocycles. The average molecular weight is 494 g/mol. The topological polar surface area (TPSA) is 97.8 Å². The fourth-order valence-electron chi connectivity index (χ4n) is 3.77. The van der Waals surface area contributed by atoms with E-state index in [2.05, 4.69) is 0 Å². The second kappa shape index (κ2) is 10.0. The molecule has 1 saturated heterocycles. The van der Waals surface area contributed by atoms with Crippen LogP contribution in [0, 0.1) is 0 Å². The highest BCUT2D eigenvalue weighted by molar-refractivity contribution is 7.91. The van der Waals surface area contributed by atoms with Gasteiger partial charge in [0.1, 0.15) is 0 Å². The lowest BCUT2D eigenvalue weighted by Crippen LogP contribution is -2.48. The van der Waals surface area contributed by atoms with Crippen molar-refractivity contribution in [2.24, 2.45) is 0 Å². The van der Waals surface area contributed by atoms with Gasteiger partial charge < -0.3 is 4.74 Å². The molecule has 0 aromatic heterocycles. The van der Waals surface area contributed by atoms with E-state index in [0.29, 0.717) is 16.7 Å². The molecule has 0 amide bonds. The molecular weight excluding hydrogens is 462 g/mol. The highest BCUT2D eigenvalue weighted by Crippen LogP contribution is 2.22. The number of sulfonamides is 1. The van der Waals surface area contributed by atoms with Crippen molar-refractivity contribution in [3.05, 3.63) is 65.2 Å². The highest BCUT2D eigenvalue weighted by Gasteiger charge is 2.32. The fourth-order valence-corrected chi connectivity index (χ4v) is 6.42. The van der Waals surface area contributed by atoms with Crippen LogP contribution < -0.4 is 0 Å². The molecule has 0 saturated carbocycles. The van der Waals surface area contributed by atoms with Crippen LogP contribution in [0.5, 0.6) is 0 Å². The minimum atomic E-state index is -3.70. The van der Waals surface area contributed by atoms with Gasteiger partial charge in [0, 0.05) is 25.1 Å². The van der Waals surface area contributed by atoms with Crippen molar-refractivity contribution >= 4 is 25.6 Å². The Kier molecular flexibility index (Phi) is 7.78. The molecule has 180 valence electrons. The summed E-state index contributed by atoms with van der Waals surface area (Å²) in [6.07, 6.45) is -0.332. The molecule has 1 aliphatic heterocycles. The van der Waals surface area contributed by atoms with E-state index in [9.17, 15) is 21.6 Å². The van der Waals surface area contributed by atoms with Gasteiger partial charge in [-0.2, -0.15) is 4.31 Å². The largest absolute Gasteiger partial charge is 0.373 e. The summed E-state index contributed by atoms with van der Waals surface area (Å²) in [5.41, 5.74) is 1.67. The molecule has 2 aromatic carbocycles. The predicted octanol–water partition coefficient (Wildman–Crippen LogP) is 3.23. The maximum Gasteiger partial charge on any atom is 0.243 e. The molecule has 0 radical (unpaired) electrons. The number of hydrogen-bond donors (Lipinski definition) is 0. The molecule has 0 bridgehead atoms. The average Bonchev–Trinajstić information content (AvgIpc) is 2.73. The molecule has 3 rings (SSSR count). The molecule has 7 nitrogen and oxygen atoms in total. The number of carbonyl (C=O) groups is 1. The molecule has 0 N–H and O–H groups in total. The number of ketones is 1. The number of morpholine rings is 1. The third kappa shape index (κ3) is 6.29. The third-order valence-electron chi connectivity index (χ3n) is 5.65. The Bertz CT molecular complexity index is 1190. The zero-order valence-electron chi connectivity index (χ0n) is 19.4. The first-order valence-electron chi connectivity index (χ1n) is 11.0. The molecule has 2 atom stereocenters. The van der Waals surface area contributed by atoms with Gasteiger partial charge in [-0.1, -0.05) is 36.4 Å². The number of Topliss-reactive ketones (excluding diaryl/α,β-unsaturated/α-hetero) is 1. The normalized spacial score (nSPS) is 20.2. The zero-order valence-corrected chi connectivity index (χ0v) is 21.0. The summed E-state index contributed by atoms with van der Waals surface area (Å²) in [4.78, 5) is 12.9. The van der Waals surface area contributed by atoms with Crippen LogP contribution >= 0.6 is 0 Å². The van der Waals surface area contributed by atoms with Gasteiger partial charge in [0.25, 0.3) is 0 Å². The Morgan fingerprint density at radius 2 is 1.58 bits per heavy atom. The highest BCUT2D eigenvalue weighted by atomic mass is 32.2. The Morgan fingerprint density at radius 3 is 2.15 bits per heavy atom. The van der Waals surface area contributed by atoms with E-state index in [-0.39, 0.29) is 48.1 Å². The van der Waals surface area contributed by atoms with Gasteiger partial charge in [0.2, 0.25) is 10.0 Å². The second-order valence-corrected chi connectivity index (χ2v) is 13.4. The second-order valence-electron chi connectivity index (χ2n) is 8.88. The van der Waals surface area contributed by atoms with Crippen molar-refractivity contribution in [1.29, 1.82) is 0 Å². The van der Waals surface area contributed by atoms with Crippen molar-refractivity contribution in [3.8, 4) is 0 Å². The van der Waals surface area contributed by atoms with Gasteiger partial charge in [-0.25, -0.2) is 16.8 Å². The Labute approximate surface area is 196 Å². The van der Waals surface area contributed by atoms with Crippen LogP contribution in [0.1, 0.15) is 49.2 Å². The number of nitrogens with zero attached hydrogens (tertiary/aromatic N) is 1. The lowest BCUT2D eigenvalue weighted by Gasteiger charge is -2.34. The van der Waals surface area contributed by atoms with Crippen LogP contribution in [0.15, 0.2) is 53.4 Å². The van der Waals surface area contributed by atoms with Crippen LogP contribution in [0.3, 0.4) is 0 Å². The van der Waals surface area contributed by atoms with Crippen LogP contribution in [0.2, 0.25) is 0 Å². The number of carbonyl (C=O) groups excluding carboxylic acids is 1. The molecule has 2 aromatic rings. The molecular formula is C24H31NO6S2. The summed E-state index contributed by atoms with van der Waals surface area (Å²) >= 11 is 0. The van der Waals surface area contributed by atoms with Gasteiger partial charge in [-0.05, 0) is 51.0 Å². The number of ether oxygens (including phenoxy) is 1. The number of benzene rings is 2. The van der Waals surface area contributed by atoms with Gasteiger partial charge >= 0.3 is 0 Å². The minimum Gasteiger partial charge on any atom is -0.373 e. The van der Waals surface area contributed by atoms with E-state index < -0.39 is 25.1 Å². The summed E-state index contributed by atoms with van der Waals surface area (Å²) < 4.78 is 57.5. The Balaban J connectivity index is 1.73. The molecule has 9 heteroatoms. The number of sulfone groups is 1. The van der Waals surface area contributed by atoms with Gasteiger partial charge in [0.05, 0.1) is 28.1 Å². The van der Waals surface area contributed by atoms with Gasteiger partial charge in [0.15, 0.2) is 15.6 Å². The van der Waals surface area contributed by atoms with Crippen LogP contribution in [0.4, 0.5) is 0 Å². The molecule has 1 fully saturated rings. The predicted molar refractivity (Wildman–Crippen MR) is 127 cm³/mol. The first kappa shape index (κ1) is 25.6. The van der Waals surface area contributed by atoms with Crippen LogP contribution in [-0.4, -0.2) is 57.5 Å².